The molecule has 1 aromatic heterocycles. The molecule has 0 saturated heterocycles. The molecule has 0 atom stereocenters. The van der Waals surface area contributed by atoms with Crippen LogP contribution in [-0.4, -0.2) is 10.2 Å². The molecule has 5 heteroatoms. The van der Waals surface area contributed by atoms with Gasteiger partial charge in [0.15, 0.2) is 0 Å². The van der Waals surface area contributed by atoms with Crippen LogP contribution in [0.15, 0.2) is 79.0 Å². The Morgan fingerprint density at radius 1 is 0.714 bits per heavy atom. The van der Waals surface area contributed by atoms with Gasteiger partial charge in [-0.15, -0.1) is 0 Å². The molecule has 0 N–H and O–H groups in total. The minimum atomic E-state index is -0.679. The fourth-order valence-corrected chi connectivity index (χ4v) is 3.05. The van der Waals surface area contributed by atoms with Crippen molar-refractivity contribution >= 4 is 0 Å². The summed E-state index contributed by atoms with van der Waals surface area (Å²) in [6.45, 7) is 0. The zero-order chi connectivity index (χ0) is 19.5. The van der Waals surface area contributed by atoms with Crippen molar-refractivity contribution in [1.29, 1.82) is 5.26 Å². The van der Waals surface area contributed by atoms with Crippen molar-refractivity contribution in [2.45, 2.75) is 0 Å². The molecule has 0 bridgehead atoms. The summed E-state index contributed by atoms with van der Waals surface area (Å²) in [5, 5.41) is 17.5. The van der Waals surface area contributed by atoms with Crippen LogP contribution >= 0.6 is 0 Å². The Labute approximate surface area is 160 Å². The van der Waals surface area contributed by atoms with Crippen molar-refractivity contribution in [3.8, 4) is 39.6 Å². The number of nitriles is 1. The predicted octanol–water partition coefficient (Wildman–Crippen LogP) is 5.63. The van der Waals surface area contributed by atoms with E-state index in [1.807, 2.05) is 42.5 Å². The molecule has 4 rings (SSSR count). The number of benzene rings is 3. The second-order valence-electron chi connectivity index (χ2n) is 6.16. The van der Waals surface area contributed by atoms with Crippen LogP contribution in [0.4, 0.5) is 8.78 Å². The SMILES string of the molecule is N#Cc1c(F)cccc1-c1cc(-c2cnnc(-c3ccccc3)c2)ccc1F. The molecule has 0 aliphatic rings. The quantitative estimate of drug-likeness (QED) is 0.470. The molecule has 0 aliphatic carbocycles. The van der Waals surface area contributed by atoms with Crippen LogP contribution in [-0.2, 0) is 0 Å². The monoisotopic (exact) mass is 369 g/mol. The van der Waals surface area contributed by atoms with Gasteiger partial charge in [0, 0.05) is 22.3 Å². The molecule has 1 heterocycles. The lowest BCUT2D eigenvalue weighted by atomic mass is 9.95. The largest absolute Gasteiger partial charge is 0.206 e. The predicted molar refractivity (Wildman–Crippen MR) is 103 cm³/mol. The van der Waals surface area contributed by atoms with Crippen LogP contribution in [0.25, 0.3) is 33.5 Å². The summed E-state index contributed by atoms with van der Waals surface area (Å²) in [5.74, 6) is -1.21. The van der Waals surface area contributed by atoms with Crippen molar-refractivity contribution in [2.24, 2.45) is 0 Å². The summed E-state index contributed by atoms with van der Waals surface area (Å²) < 4.78 is 28.5. The minimum Gasteiger partial charge on any atom is -0.206 e. The molecule has 0 aliphatic heterocycles. The second-order valence-corrected chi connectivity index (χ2v) is 6.16. The van der Waals surface area contributed by atoms with E-state index in [2.05, 4.69) is 10.2 Å². The van der Waals surface area contributed by atoms with Crippen LogP contribution in [0.3, 0.4) is 0 Å². The fourth-order valence-electron chi connectivity index (χ4n) is 3.05. The zero-order valence-corrected chi connectivity index (χ0v) is 14.6. The first-order chi connectivity index (χ1) is 13.7. The highest BCUT2D eigenvalue weighted by Crippen LogP contribution is 2.32. The van der Waals surface area contributed by atoms with Crippen molar-refractivity contribution < 1.29 is 8.78 Å². The Bertz CT molecular complexity index is 1200. The van der Waals surface area contributed by atoms with Gasteiger partial charge in [-0.05, 0) is 29.8 Å². The van der Waals surface area contributed by atoms with Gasteiger partial charge in [0.2, 0.25) is 0 Å². The number of hydrogen-bond acceptors (Lipinski definition) is 3. The minimum absolute atomic E-state index is 0.159. The second kappa shape index (κ2) is 7.37. The van der Waals surface area contributed by atoms with Gasteiger partial charge in [-0.1, -0.05) is 48.5 Å². The van der Waals surface area contributed by atoms with Gasteiger partial charge in [0.05, 0.1) is 17.5 Å². The molecule has 3 nitrogen and oxygen atoms in total. The molecule has 0 unspecified atom stereocenters. The molecule has 0 amide bonds. The fraction of sp³-hybridized carbons (Fsp3) is 0. The van der Waals surface area contributed by atoms with E-state index in [9.17, 15) is 14.0 Å². The van der Waals surface area contributed by atoms with E-state index in [0.717, 1.165) is 11.1 Å². The van der Waals surface area contributed by atoms with Crippen LogP contribution in [0.2, 0.25) is 0 Å². The van der Waals surface area contributed by atoms with E-state index < -0.39 is 11.6 Å². The number of aromatic nitrogens is 2. The summed E-state index contributed by atoms with van der Waals surface area (Å²) in [4.78, 5) is 0. The van der Waals surface area contributed by atoms with E-state index in [1.54, 1.807) is 18.3 Å². The van der Waals surface area contributed by atoms with Crippen molar-refractivity contribution in [3.63, 3.8) is 0 Å². The molecule has 3 aromatic carbocycles. The van der Waals surface area contributed by atoms with Crippen LogP contribution in [0.1, 0.15) is 5.56 Å². The third-order valence-electron chi connectivity index (χ3n) is 4.44. The molecule has 0 fully saturated rings. The van der Waals surface area contributed by atoms with Gasteiger partial charge in [-0.3, -0.25) is 0 Å². The highest BCUT2D eigenvalue weighted by atomic mass is 19.1. The lowest BCUT2D eigenvalue weighted by molar-refractivity contribution is 0.621. The van der Waals surface area contributed by atoms with Crippen LogP contribution in [0, 0.1) is 23.0 Å². The highest BCUT2D eigenvalue weighted by molar-refractivity contribution is 5.78. The van der Waals surface area contributed by atoms with Crippen LogP contribution in [0.5, 0.6) is 0 Å². The van der Waals surface area contributed by atoms with E-state index >= 15 is 0 Å². The van der Waals surface area contributed by atoms with E-state index in [-0.39, 0.29) is 16.7 Å². The van der Waals surface area contributed by atoms with Crippen molar-refractivity contribution in [3.05, 3.63) is 96.2 Å². The Kier molecular flexibility index (Phi) is 4.61. The molecule has 0 spiro atoms. The Morgan fingerprint density at radius 3 is 2.32 bits per heavy atom. The smallest absolute Gasteiger partial charge is 0.141 e. The summed E-state index contributed by atoms with van der Waals surface area (Å²) in [5.41, 5.74) is 3.22. The van der Waals surface area contributed by atoms with Gasteiger partial charge >= 0.3 is 0 Å². The van der Waals surface area contributed by atoms with Gasteiger partial charge in [-0.2, -0.15) is 15.5 Å². The van der Waals surface area contributed by atoms with Gasteiger partial charge in [0.1, 0.15) is 17.7 Å². The lowest BCUT2D eigenvalue weighted by Gasteiger charge is -2.10. The maximum Gasteiger partial charge on any atom is 0.141 e. The van der Waals surface area contributed by atoms with Crippen molar-refractivity contribution in [2.75, 3.05) is 0 Å². The summed E-state index contributed by atoms with van der Waals surface area (Å²) in [7, 11) is 0. The number of halogens is 2. The third-order valence-corrected chi connectivity index (χ3v) is 4.44. The lowest BCUT2D eigenvalue weighted by Crippen LogP contribution is -1.94. The highest BCUT2D eigenvalue weighted by Gasteiger charge is 2.15. The molecule has 28 heavy (non-hydrogen) atoms. The van der Waals surface area contributed by atoms with Gasteiger partial charge < -0.3 is 0 Å². The number of hydrogen-bond donors (Lipinski definition) is 0. The number of rotatable bonds is 3. The van der Waals surface area contributed by atoms with E-state index in [4.69, 9.17) is 0 Å². The van der Waals surface area contributed by atoms with Crippen molar-refractivity contribution in [1.82, 2.24) is 10.2 Å². The molecular weight excluding hydrogens is 356 g/mol. The van der Waals surface area contributed by atoms with Gasteiger partial charge in [-0.25, -0.2) is 8.78 Å². The average Bonchev–Trinajstić information content (AvgIpc) is 2.75. The number of nitrogens with zero attached hydrogens (tertiary/aromatic N) is 3. The normalized spacial score (nSPS) is 10.5. The zero-order valence-electron chi connectivity index (χ0n) is 14.6. The molecule has 0 saturated carbocycles. The first kappa shape index (κ1) is 17.5. The molecule has 134 valence electrons. The summed E-state index contributed by atoms with van der Waals surface area (Å²) in [6.07, 6.45) is 1.58. The summed E-state index contributed by atoms with van der Waals surface area (Å²) in [6, 6.07) is 22.0. The molecular formula is C23H13F2N3. The molecule has 0 radical (unpaired) electrons. The Hall–Kier alpha value is -3.91. The maximum absolute atomic E-state index is 14.5. The van der Waals surface area contributed by atoms with Crippen LogP contribution < -0.4 is 0 Å². The average molecular weight is 369 g/mol. The Morgan fingerprint density at radius 2 is 1.54 bits per heavy atom. The standard InChI is InChI=1S/C23H13F2N3/c24-21-8-4-7-18(20(21)13-26)19-11-16(9-10-22(19)25)17-12-23(28-27-14-17)15-5-2-1-3-6-15/h1-12,14H. The third kappa shape index (κ3) is 3.24. The maximum atomic E-state index is 14.5. The Balaban J connectivity index is 1.83. The van der Waals surface area contributed by atoms with Gasteiger partial charge in [0.25, 0.3) is 0 Å². The molecule has 4 aromatic rings. The van der Waals surface area contributed by atoms with E-state index in [1.165, 1.54) is 24.3 Å². The first-order valence-electron chi connectivity index (χ1n) is 8.54. The van der Waals surface area contributed by atoms with E-state index in [0.29, 0.717) is 11.3 Å². The summed E-state index contributed by atoms with van der Waals surface area (Å²) >= 11 is 0. The first-order valence-corrected chi connectivity index (χ1v) is 8.54. The topological polar surface area (TPSA) is 49.6 Å².